The van der Waals surface area contributed by atoms with Gasteiger partial charge in [0.2, 0.25) is 5.52 Å². The molecule has 0 aliphatic carbocycles. The molecular formula is C21H21FNO+. The molecule has 0 aliphatic rings. The van der Waals surface area contributed by atoms with E-state index < -0.39 is 5.82 Å². The van der Waals surface area contributed by atoms with Gasteiger partial charge >= 0.3 is 0 Å². The van der Waals surface area contributed by atoms with Crippen LogP contribution in [0.15, 0.2) is 36.5 Å². The van der Waals surface area contributed by atoms with Gasteiger partial charge in [-0.05, 0) is 54.7 Å². The molecule has 0 radical (unpaired) electrons. The molecule has 0 saturated heterocycles. The van der Waals surface area contributed by atoms with Gasteiger partial charge in [-0.25, -0.2) is 8.96 Å². The third kappa shape index (κ3) is 2.56. The normalized spacial score (nSPS) is 11.5. The number of benzene rings is 2. The highest BCUT2D eigenvalue weighted by atomic mass is 19.1. The number of nitrogens with zero attached hydrogens (tertiary/aromatic N) is 1. The molecule has 2 nitrogen and oxygen atoms in total. The van der Waals surface area contributed by atoms with E-state index in [1.54, 1.807) is 13.8 Å². The molecule has 1 aromatic heterocycles. The lowest BCUT2D eigenvalue weighted by atomic mass is 9.95. The second kappa shape index (κ2) is 6.08. The van der Waals surface area contributed by atoms with Crippen molar-refractivity contribution in [2.45, 2.75) is 20.8 Å². The molecule has 0 unspecified atom stereocenters. The van der Waals surface area contributed by atoms with E-state index in [2.05, 4.69) is 16.7 Å². The number of aromatic hydroxyl groups is 1. The van der Waals surface area contributed by atoms with Crippen molar-refractivity contribution in [1.82, 2.24) is 0 Å². The van der Waals surface area contributed by atoms with Gasteiger partial charge in [0.25, 0.3) is 0 Å². The molecule has 0 fully saturated rings. The number of rotatable bonds is 2. The zero-order valence-corrected chi connectivity index (χ0v) is 14.4. The minimum Gasteiger partial charge on any atom is -0.505 e. The zero-order valence-electron chi connectivity index (χ0n) is 14.4. The maximum absolute atomic E-state index is 14.2. The molecule has 1 heterocycles. The fourth-order valence-electron chi connectivity index (χ4n) is 3.08. The predicted molar refractivity (Wildman–Crippen MR) is 96.3 cm³/mol. The first-order chi connectivity index (χ1) is 11.4. The minimum atomic E-state index is -0.540. The monoisotopic (exact) mass is 322 g/mol. The second-order valence-corrected chi connectivity index (χ2v) is 6.18. The highest BCUT2D eigenvalue weighted by Gasteiger charge is 2.15. The minimum absolute atomic E-state index is 0.251. The van der Waals surface area contributed by atoms with E-state index in [1.165, 1.54) is 0 Å². The quantitative estimate of drug-likeness (QED) is 0.685. The lowest BCUT2D eigenvalue weighted by molar-refractivity contribution is -0.644. The summed E-state index contributed by atoms with van der Waals surface area (Å²) < 4.78 is 16.3. The Morgan fingerprint density at radius 3 is 2.42 bits per heavy atom. The number of halogens is 1. The fourth-order valence-corrected chi connectivity index (χ4v) is 3.08. The van der Waals surface area contributed by atoms with Crippen LogP contribution in [0.3, 0.4) is 0 Å². The van der Waals surface area contributed by atoms with Gasteiger partial charge in [0.15, 0.2) is 17.8 Å². The van der Waals surface area contributed by atoms with Crippen LogP contribution in [0.5, 0.6) is 5.75 Å². The summed E-state index contributed by atoms with van der Waals surface area (Å²) in [6, 6.07) is 10.2. The van der Waals surface area contributed by atoms with Crippen LogP contribution in [0.1, 0.15) is 27.8 Å². The van der Waals surface area contributed by atoms with Crippen LogP contribution < -0.4 is 4.57 Å². The molecule has 3 aromatic rings. The van der Waals surface area contributed by atoms with Gasteiger partial charge < -0.3 is 5.11 Å². The van der Waals surface area contributed by atoms with Gasteiger partial charge in [0.1, 0.15) is 7.05 Å². The molecule has 0 saturated carbocycles. The first-order valence-electron chi connectivity index (χ1n) is 7.95. The number of para-hydroxylation sites is 1. The van der Waals surface area contributed by atoms with Crippen LogP contribution in [-0.4, -0.2) is 5.11 Å². The molecule has 1 N–H and O–H groups in total. The highest BCUT2D eigenvalue weighted by Crippen LogP contribution is 2.32. The second-order valence-electron chi connectivity index (χ2n) is 6.18. The van der Waals surface area contributed by atoms with E-state index >= 15 is 0 Å². The number of hydrogen-bond donors (Lipinski definition) is 1. The Morgan fingerprint density at radius 2 is 1.67 bits per heavy atom. The van der Waals surface area contributed by atoms with Crippen LogP contribution in [0.4, 0.5) is 4.39 Å². The van der Waals surface area contributed by atoms with Crippen molar-refractivity contribution in [3.8, 4) is 5.75 Å². The Bertz CT molecular complexity index is 944. The number of hydrogen-bond acceptors (Lipinski definition) is 1. The Labute approximate surface area is 141 Å². The van der Waals surface area contributed by atoms with Crippen LogP contribution >= 0.6 is 0 Å². The largest absolute Gasteiger partial charge is 0.505 e. The van der Waals surface area contributed by atoms with Crippen LogP contribution in [-0.2, 0) is 7.05 Å². The molecule has 0 amide bonds. The maximum Gasteiger partial charge on any atom is 0.212 e. The number of phenolic OH excluding ortho intramolecular Hbond substituents is 1. The molecule has 24 heavy (non-hydrogen) atoms. The molecule has 0 aliphatic heterocycles. The van der Waals surface area contributed by atoms with Gasteiger partial charge in [-0.15, -0.1) is 0 Å². The zero-order chi connectivity index (χ0) is 17.4. The first kappa shape index (κ1) is 16.2. The predicted octanol–water partition coefficient (Wildman–Crippen LogP) is 4.60. The van der Waals surface area contributed by atoms with Gasteiger partial charge in [0, 0.05) is 12.1 Å². The van der Waals surface area contributed by atoms with Crippen LogP contribution in [0.2, 0.25) is 0 Å². The number of fused-ring (bicyclic) bond motifs is 1. The summed E-state index contributed by atoms with van der Waals surface area (Å²) in [5.74, 6) is -0.790. The Balaban J connectivity index is 2.16. The summed E-state index contributed by atoms with van der Waals surface area (Å²) in [6.07, 6.45) is 5.96. The Kier molecular flexibility index (Phi) is 4.10. The molecule has 0 bridgehead atoms. The van der Waals surface area contributed by atoms with Crippen LogP contribution in [0.25, 0.3) is 23.1 Å². The third-order valence-electron chi connectivity index (χ3n) is 4.77. The summed E-state index contributed by atoms with van der Waals surface area (Å²) in [6.45, 7) is 5.34. The number of phenols is 1. The van der Waals surface area contributed by atoms with E-state index in [-0.39, 0.29) is 5.75 Å². The average molecular weight is 322 g/mol. The van der Waals surface area contributed by atoms with Crippen molar-refractivity contribution in [1.29, 1.82) is 0 Å². The molecular weight excluding hydrogens is 301 g/mol. The van der Waals surface area contributed by atoms with E-state index in [1.807, 2.05) is 50.5 Å². The van der Waals surface area contributed by atoms with Crippen molar-refractivity contribution >= 4 is 23.1 Å². The number of aromatic nitrogens is 1. The summed E-state index contributed by atoms with van der Waals surface area (Å²) in [7, 11) is 2.02. The van der Waals surface area contributed by atoms with Crippen molar-refractivity contribution in [3.05, 3.63) is 70.2 Å². The van der Waals surface area contributed by atoms with Crippen molar-refractivity contribution in [2.75, 3.05) is 0 Å². The average Bonchev–Trinajstić information content (AvgIpc) is 2.60. The molecule has 3 rings (SSSR count). The van der Waals surface area contributed by atoms with E-state index in [0.717, 1.165) is 27.6 Å². The lowest BCUT2D eigenvalue weighted by Crippen LogP contribution is -2.28. The van der Waals surface area contributed by atoms with Crippen molar-refractivity contribution < 1.29 is 14.1 Å². The standard InChI is InChI=1S/C21H20FNO/c1-13-14(2)21(24)20(22)15(3)17(13)10-9-16-11-12-23(4)19-8-6-5-7-18(16)19/h5-12H,1-4H3/p+1. The maximum atomic E-state index is 14.2. The molecule has 3 heteroatoms. The smallest absolute Gasteiger partial charge is 0.212 e. The highest BCUT2D eigenvalue weighted by molar-refractivity contribution is 5.89. The third-order valence-corrected chi connectivity index (χ3v) is 4.77. The molecule has 0 spiro atoms. The number of pyridine rings is 1. The molecule has 0 atom stereocenters. The fraction of sp³-hybridized carbons (Fsp3) is 0.190. The topological polar surface area (TPSA) is 24.1 Å². The van der Waals surface area contributed by atoms with Gasteiger partial charge in [-0.3, -0.25) is 0 Å². The summed E-state index contributed by atoms with van der Waals surface area (Å²) in [5.41, 5.74) is 4.99. The van der Waals surface area contributed by atoms with E-state index in [9.17, 15) is 9.50 Å². The lowest BCUT2D eigenvalue weighted by Gasteiger charge is -2.12. The SMILES string of the molecule is Cc1c(C)c(/C=C/c2cc[n+](C)c3ccccc23)c(C)c(F)c1O. The summed E-state index contributed by atoms with van der Waals surface area (Å²) in [5, 5.41) is 11.0. The number of aryl methyl sites for hydroxylation is 1. The summed E-state index contributed by atoms with van der Waals surface area (Å²) in [4.78, 5) is 0. The van der Waals surface area contributed by atoms with Gasteiger partial charge in [-0.1, -0.05) is 24.3 Å². The van der Waals surface area contributed by atoms with Crippen LogP contribution in [0, 0.1) is 26.6 Å². The Hall–Kier alpha value is -2.68. The molecule has 2 aromatic carbocycles. The van der Waals surface area contributed by atoms with Crippen molar-refractivity contribution in [3.63, 3.8) is 0 Å². The van der Waals surface area contributed by atoms with Gasteiger partial charge in [0.05, 0.1) is 5.39 Å². The molecule has 122 valence electrons. The first-order valence-corrected chi connectivity index (χ1v) is 7.95. The van der Waals surface area contributed by atoms with Gasteiger partial charge in [-0.2, -0.15) is 0 Å². The van der Waals surface area contributed by atoms with Crippen molar-refractivity contribution in [2.24, 2.45) is 7.05 Å². The van der Waals surface area contributed by atoms with E-state index in [0.29, 0.717) is 11.1 Å². The Morgan fingerprint density at radius 1 is 0.958 bits per heavy atom. The van der Waals surface area contributed by atoms with E-state index in [4.69, 9.17) is 0 Å². The summed E-state index contributed by atoms with van der Waals surface area (Å²) >= 11 is 0.